The fourth-order valence-electron chi connectivity index (χ4n) is 4.87. The van der Waals surface area contributed by atoms with Crippen LogP contribution in [0.5, 0.6) is 5.75 Å². The Labute approximate surface area is 214 Å². The van der Waals surface area contributed by atoms with E-state index < -0.39 is 5.63 Å². The van der Waals surface area contributed by atoms with Crippen molar-refractivity contribution in [1.82, 2.24) is 15.3 Å². The summed E-state index contributed by atoms with van der Waals surface area (Å²) in [5.41, 5.74) is 1.63. The van der Waals surface area contributed by atoms with Crippen LogP contribution in [0.3, 0.4) is 0 Å². The zero-order chi connectivity index (χ0) is 25.9. The molecule has 0 aliphatic heterocycles. The molecule has 2 heterocycles. The number of benzene rings is 2. The second kappa shape index (κ2) is 10.5. The number of ether oxygens (including phenoxy) is 1. The number of carbonyl (C=O) groups is 1. The number of rotatable bonds is 7. The predicted octanol–water partition coefficient (Wildman–Crippen LogP) is 4.03. The van der Waals surface area contributed by atoms with Crippen LogP contribution >= 0.6 is 0 Å². The van der Waals surface area contributed by atoms with E-state index in [9.17, 15) is 9.59 Å². The van der Waals surface area contributed by atoms with E-state index in [0.29, 0.717) is 17.3 Å². The largest absolute Gasteiger partial charge is 0.480 e. The van der Waals surface area contributed by atoms with Crippen molar-refractivity contribution in [2.75, 3.05) is 30.9 Å². The van der Waals surface area contributed by atoms with Gasteiger partial charge in [0, 0.05) is 43.0 Å². The van der Waals surface area contributed by atoms with Gasteiger partial charge in [-0.1, -0.05) is 24.3 Å². The molecule has 2 aromatic heterocycles. The molecule has 37 heavy (non-hydrogen) atoms. The van der Waals surface area contributed by atoms with E-state index in [4.69, 9.17) is 19.1 Å². The van der Waals surface area contributed by atoms with Crippen LogP contribution in [-0.2, 0) is 4.79 Å². The number of aromatic nitrogens is 2. The third kappa shape index (κ3) is 5.50. The van der Waals surface area contributed by atoms with Gasteiger partial charge in [0.2, 0.25) is 5.95 Å². The normalized spacial score (nSPS) is 17.5. The van der Waals surface area contributed by atoms with Gasteiger partial charge in [-0.15, -0.1) is 0 Å². The summed E-state index contributed by atoms with van der Waals surface area (Å²) in [6, 6.07) is 15.1. The van der Waals surface area contributed by atoms with E-state index in [2.05, 4.69) is 10.6 Å². The summed E-state index contributed by atoms with van der Waals surface area (Å²) in [7, 11) is 3.96. The predicted molar refractivity (Wildman–Crippen MR) is 144 cm³/mol. The molecule has 2 N–H and O–H groups in total. The molecule has 192 valence electrons. The second-order valence-corrected chi connectivity index (χ2v) is 9.71. The van der Waals surface area contributed by atoms with Gasteiger partial charge in [0.25, 0.3) is 5.91 Å². The Bertz CT molecular complexity index is 1490. The number of aryl methyl sites for hydroxylation is 1. The average molecular weight is 502 g/mol. The third-order valence-corrected chi connectivity index (χ3v) is 6.73. The van der Waals surface area contributed by atoms with E-state index in [1.807, 2.05) is 62.3 Å². The number of hydrogen-bond donors (Lipinski definition) is 2. The maximum absolute atomic E-state index is 12.6. The number of hydrogen-bond acceptors (Lipinski definition) is 8. The molecule has 1 fully saturated rings. The fourth-order valence-corrected chi connectivity index (χ4v) is 4.87. The Morgan fingerprint density at radius 1 is 1.03 bits per heavy atom. The van der Waals surface area contributed by atoms with Gasteiger partial charge in [0.05, 0.1) is 5.52 Å². The lowest BCUT2D eigenvalue weighted by atomic mass is 9.91. The second-order valence-electron chi connectivity index (χ2n) is 9.71. The third-order valence-electron chi connectivity index (χ3n) is 6.73. The lowest BCUT2D eigenvalue weighted by molar-refractivity contribution is -0.124. The van der Waals surface area contributed by atoms with Gasteiger partial charge in [-0.3, -0.25) is 4.79 Å². The lowest BCUT2D eigenvalue weighted by Gasteiger charge is -2.30. The first-order chi connectivity index (χ1) is 17.9. The maximum atomic E-state index is 12.6. The van der Waals surface area contributed by atoms with E-state index in [1.165, 1.54) is 6.07 Å². The molecule has 0 spiro atoms. The SMILES string of the molecule is Cc1cc(=O)oc2c(OCC(=O)NC3CCC(Nc4nc(N(C)C)c5ccccc5n4)CC3)cccc12. The van der Waals surface area contributed by atoms with Crippen molar-refractivity contribution in [3.8, 4) is 5.75 Å². The van der Waals surface area contributed by atoms with Crippen LogP contribution in [0.2, 0.25) is 0 Å². The topological polar surface area (TPSA) is 110 Å². The Morgan fingerprint density at radius 2 is 1.76 bits per heavy atom. The highest BCUT2D eigenvalue weighted by molar-refractivity contribution is 5.90. The smallest absolute Gasteiger partial charge is 0.336 e. The molecular formula is C28H31N5O4. The Hall–Kier alpha value is -4.14. The van der Waals surface area contributed by atoms with Crippen LogP contribution < -0.4 is 25.9 Å². The molecule has 2 aromatic carbocycles. The molecule has 0 saturated heterocycles. The van der Waals surface area contributed by atoms with Gasteiger partial charge in [-0.2, -0.15) is 4.98 Å². The van der Waals surface area contributed by atoms with Crippen LogP contribution in [0, 0.1) is 6.92 Å². The molecule has 1 amide bonds. The molecule has 9 nitrogen and oxygen atoms in total. The summed E-state index contributed by atoms with van der Waals surface area (Å²) < 4.78 is 11.0. The molecule has 5 rings (SSSR count). The van der Waals surface area contributed by atoms with Crippen molar-refractivity contribution in [1.29, 1.82) is 0 Å². The van der Waals surface area contributed by atoms with Crippen molar-refractivity contribution < 1.29 is 13.9 Å². The summed E-state index contributed by atoms with van der Waals surface area (Å²) in [4.78, 5) is 35.8. The molecule has 1 saturated carbocycles. The number of fused-ring (bicyclic) bond motifs is 2. The first-order valence-corrected chi connectivity index (χ1v) is 12.5. The lowest BCUT2D eigenvalue weighted by Crippen LogP contribution is -2.42. The Kier molecular flexibility index (Phi) is 6.94. The van der Waals surface area contributed by atoms with Gasteiger partial charge in [-0.25, -0.2) is 9.78 Å². The number of para-hydroxylation sites is 2. The first kappa shape index (κ1) is 24.5. The summed E-state index contributed by atoms with van der Waals surface area (Å²) >= 11 is 0. The molecule has 1 aliphatic rings. The summed E-state index contributed by atoms with van der Waals surface area (Å²) in [6.07, 6.45) is 3.49. The monoisotopic (exact) mass is 501 g/mol. The van der Waals surface area contributed by atoms with Crippen molar-refractivity contribution in [2.24, 2.45) is 0 Å². The molecule has 0 atom stereocenters. The van der Waals surface area contributed by atoms with Crippen LogP contribution in [0.15, 0.2) is 57.7 Å². The molecule has 4 aromatic rings. The van der Waals surface area contributed by atoms with Gasteiger partial charge >= 0.3 is 5.63 Å². The molecule has 0 radical (unpaired) electrons. The molecule has 1 aliphatic carbocycles. The van der Waals surface area contributed by atoms with E-state index >= 15 is 0 Å². The van der Waals surface area contributed by atoms with Crippen LogP contribution in [0.1, 0.15) is 31.2 Å². The van der Waals surface area contributed by atoms with Crippen molar-refractivity contribution in [3.05, 3.63) is 64.5 Å². The Morgan fingerprint density at radius 3 is 2.54 bits per heavy atom. The van der Waals surface area contributed by atoms with Gasteiger partial charge in [-0.05, 0) is 56.4 Å². The molecule has 0 bridgehead atoms. The molecule has 0 unspecified atom stereocenters. The van der Waals surface area contributed by atoms with Crippen LogP contribution in [-0.4, -0.2) is 48.7 Å². The van der Waals surface area contributed by atoms with Gasteiger partial charge < -0.3 is 24.7 Å². The van der Waals surface area contributed by atoms with Crippen LogP contribution in [0.4, 0.5) is 11.8 Å². The highest BCUT2D eigenvalue weighted by atomic mass is 16.5. The summed E-state index contributed by atoms with van der Waals surface area (Å²) in [5.74, 6) is 1.70. The summed E-state index contributed by atoms with van der Waals surface area (Å²) in [5, 5.41) is 8.37. The van der Waals surface area contributed by atoms with Gasteiger partial charge in [0.1, 0.15) is 5.82 Å². The highest BCUT2D eigenvalue weighted by Crippen LogP contribution is 2.28. The van der Waals surface area contributed by atoms with E-state index in [0.717, 1.165) is 53.4 Å². The van der Waals surface area contributed by atoms with Gasteiger partial charge in [0.15, 0.2) is 17.9 Å². The minimum Gasteiger partial charge on any atom is -0.480 e. The van der Waals surface area contributed by atoms with E-state index in [-0.39, 0.29) is 24.6 Å². The number of amides is 1. The standard InChI is InChI=1S/C28H31N5O4/c1-17-15-25(35)37-26-20(17)8-6-10-23(26)36-16-24(34)29-18-11-13-19(14-12-18)30-28-31-22-9-5-4-7-21(22)27(32-28)33(2)3/h4-10,15,18-19H,11-14,16H2,1-3H3,(H,29,34)(H,30,31,32). The zero-order valence-electron chi connectivity index (χ0n) is 21.3. The maximum Gasteiger partial charge on any atom is 0.336 e. The summed E-state index contributed by atoms with van der Waals surface area (Å²) in [6.45, 7) is 1.70. The van der Waals surface area contributed by atoms with Crippen molar-refractivity contribution in [2.45, 2.75) is 44.7 Å². The molecule has 9 heteroatoms. The minimum atomic E-state index is -0.442. The number of carbonyl (C=O) groups excluding carboxylic acids is 1. The number of anilines is 2. The molecular weight excluding hydrogens is 470 g/mol. The van der Waals surface area contributed by atoms with Crippen LogP contribution in [0.25, 0.3) is 21.9 Å². The Balaban J connectivity index is 1.15. The van der Waals surface area contributed by atoms with E-state index in [1.54, 1.807) is 6.07 Å². The quantitative estimate of drug-likeness (QED) is 0.365. The zero-order valence-corrected chi connectivity index (χ0v) is 21.3. The average Bonchev–Trinajstić information content (AvgIpc) is 2.88. The highest BCUT2D eigenvalue weighted by Gasteiger charge is 2.24. The van der Waals surface area contributed by atoms with Crippen molar-refractivity contribution >= 4 is 39.5 Å². The fraction of sp³-hybridized carbons (Fsp3) is 0.357. The van der Waals surface area contributed by atoms with Crippen molar-refractivity contribution in [3.63, 3.8) is 0 Å². The number of nitrogens with one attached hydrogen (secondary N) is 2. The number of nitrogens with zero attached hydrogens (tertiary/aromatic N) is 3. The minimum absolute atomic E-state index is 0.0803. The first-order valence-electron chi connectivity index (χ1n) is 12.5.